The van der Waals surface area contributed by atoms with E-state index < -0.39 is 17.6 Å². The first kappa shape index (κ1) is 20.4. The highest BCUT2D eigenvalue weighted by Crippen LogP contribution is 2.33. The minimum Gasteiger partial charge on any atom is -0.497 e. The van der Waals surface area contributed by atoms with Gasteiger partial charge >= 0.3 is 6.18 Å². The van der Waals surface area contributed by atoms with Crippen molar-refractivity contribution in [3.05, 3.63) is 59.8 Å². The van der Waals surface area contributed by atoms with Gasteiger partial charge in [0.15, 0.2) is 11.5 Å². The Bertz CT molecular complexity index is 978. The quantitative estimate of drug-likeness (QED) is 0.615. The standard InChI is InChI=1S/C21H19F3N2O3/c1-3-12-25-19(27)17-18(13-6-10-16(28-2)11-7-13)29-20(26-17)14-4-8-15(9-5-14)21(22,23)24/h4-11H,3,12H2,1-2H3,(H,25,27). The van der Waals surface area contributed by atoms with E-state index in [1.165, 1.54) is 19.2 Å². The van der Waals surface area contributed by atoms with Crippen LogP contribution in [0.15, 0.2) is 52.9 Å². The molecule has 0 unspecified atom stereocenters. The molecule has 8 heteroatoms. The van der Waals surface area contributed by atoms with Crippen LogP contribution >= 0.6 is 0 Å². The van der Waals surface area contributed by atoms with Crippen molar-refractivity contribution < 1.29 is 27.1 Å². The normalized spacial score (nSPS) is 11.3. The maximum Gasteiger partial charge on any atom is 0.416 e. The molecule has 1 N–H and O–H groups in total. The second-order valence-electron chi connectivity index (χ2n) is 6.26. The van der Waals surface area contributed by atoms with Gasteiger partial charge in [0.1, 0.15) is 5.75 Å². The van der Waals surface area contributed by atoms with Crippen LogP contribution in [0, 0.1) is 0 Å². The lowest BCUT2D eigenvalue weighted by Gasteiger charge is -2.06. The number of carbonyl (C=O) groups is 1. The zero-order chi connectivity index (χ0) is 21.0. The molecule has 0 saturated heterocycles. The van der Waals surface area contributed by atoms with Crippen LogP contribution in [0.25, 0.3) is 22.8 Å². The van der Waals surface area contributed by atoms with Crippen LogP contribution in [-0.4, -0.2) is 24.5 Å². The molecule has 3 aromatic rings. The summed E-state index contributed by atoms with van der Waals surface area (Å²) in [4.78, 5) is 16.8. The van der Waals surface area contributed by atoms with Crippen molar-refractivity contribution >= 4 is 5.91 Å². The molecule has 0 bridgehead atoms. The molecule has 29 heavy (non-hydrogen) atoms. The van der Waals surface area contributed by atoms with Gasteiger partial charge in [0.05, 0.1) is 12.7 Å². The minimum absolute atomic E-state index is 0.0613. The molecule has 0 saturated carbocycles. The molecule has 0 atom stereocenters. The molecule has 1 aromatic heterocycles. The topological polar surface area (TPSA) is 64.4 Å². The number of halogens is 3. The fourth-order valence-corrected chi connectivity index (χ4v) is 2.66. The summed E-state index contributed by atoms with van der Waals surface area (Å²) < 4.78 is 49.3. The molecule has 152 valence electrons. The second-order valence-corrected chi connectivity index (χ2v) is 6.26. The largest absolute Gasteiger partial charge is 0.497 e. The first-order valence-electron chi connectivity index (χ1n) is 8.94. The van der Waals surface area contributed by atoms with Crippen molar-refractivity contribution in [2.75, 3.05) is 13.7 Å². The Morgan fingerprint density at radius 3 is 2.24 bits per heavy atom. The third-order valence-corrected chi connectivity index (χ3v) is 4.19. The lowest BCUT2D eigenvalue weighted by molar-refractivity contribution is -0.137. The Labute approximate surface area is 165 Å². The molecule has 1 heterocycles. The maximum absolute atomic E-state index is 12.8. The molecule has 0 aliphatic carbocycles. The number of aromatic nitrogens is 1. The zero-order valence-corrected chi connectivity index (χ0v) is 15.8. The molecule has 1 amide bonds. The molecule has 0 spiro atoms. The lowest BCUT2D eigenvalue weighted by atomic mass is 10.1. The minimum atomic E-state index is -4.44. The molecule has 3 rings (SSSR count). The van der Waals surface area contributed by atoms with Gasteiger partial charge in [-0.15, -0.1) is 0 Å². The predicted molar refractivity (Wildman–Crippen MR) is 102 cm³/mol. The van der Waals surface area contributed by atoms with Crippen LogP contribution in [-0.2, 0) is 6.18 Å². The van der Waals surface area contributed by atoms with E-state index in [1.807, 2.05) is 6.92 Å². The number of hydrogen-bond acceptors (Lipinski definition) is 4. The van der Waals surface area contributed by atoms with E-state index in [9.17, 15) is 18.0 Å². The number of methoxy groups -OCH3 is 1. The Morgan fingerprint density at radius 1 is 1.07 bits per heavy atom. The maximum atomic E-state index is 12.8. The number of ether oxygens (including phenoxy) is 1. The zero-order valence-electron chi connectivity index (χ0n) is 15.8. The summed E-state index contributed by atoms with van der Waals surface area (Å²) in [5.74, 6) is 0.509. The van der Waals surface area contributed by atoms with E-state index in [0.29, 0.717) is 23.4 Å². The lowest BCUT2D eigenvalue weighted by Crippen LogP contribution is -2.24. The van der Waals surface area contributed by atoms with Crippen LogP contribution in [0.2, 0.25) is 0 Å². The van der Waals surface area contributed by atoms with Crippen LogP contribution < -0.4 is 10.1 Å². The molecule has 5 nitrogen and oxygen atoms in total. The van der Waals surface area contributed by atoms with Gasteiger partial charge in [-0.3, -0.25) is 4.79 Å². The highest BCUT2D eigenvalue weighted by molar-refractivity contribution is 5.98. The van der Waals surface area contributed by atoms with Crippen LogP contribution in [0.3, 0.4) is 0 Å². The summed E-state index contributed by atoms with van der Waals surface area (Å²) in [6.07, 6.45) is -3.69. The van der Waals surface area contributed by atoms with Crippen molar-refractivity contribution in [2.45, 2.75) is 19.5 Å². The van der Waals surface area contributed by atoms with E-state index in [-0.39, 0.29) is 17.3 Å². The van der Waals surface area contributed by atoms with E-state index in [1.54, 1.807) is 24.3 Å². The third-order valence-electron chi connectivity index (χ3n) is 4.19. The van der Waals surface area contributed by atoms with Crippen molar-refractivity contribution in [2.24, 2.45) is 0 Å². The van der Waals surface area contributed by atoms with Gasteiger partial charge in [-0.1, -0.05) is 6.92 Å². The van der Waals surface area contributed by atoms with Gasteiger partial charge in [-0.05, 0) is 55.0 Å². The summed E-state index contributed by atoms with van der Waals surface area (Å²) >= 11 is 0. The Balaban J connectivity index is 2.02. The SMILES string of the molecule is CCCNC(=O)c1nc(-c2ccc(C(F)(F)F)cc2)oc1-c1ccc(OC)cc1. The Hall–Kier alpha value is -3.29. The summed E-state index contributed by atoms with van der Waals surface area (Å²) in [6, 6.07) is 11.3. The average Bonchev–Trinajstić information content (AvgIpc) is 3.17. The summed E-state index contributed by atoms with van der Waals surface area (Å²) in [5.41, 5.74) is 0.225. The first-order valence-corrected chi connectivity index (χ1v) is 8.94. The van der Waals surface area contributed by atoms with E-state index >= 15 is 0 Å². The van der Waals surface area contributed by atoms with E-state index in [2.05, 4.69) is 10.3 Å². The summed E-state index contributed by atoms with van der Waals surface area (Å²) in [6.45, 7) is 2.38. The van der Waals surface area contributed by atoms with Gasteiger partial charge in [0.2, 0.25) is 5.89 Å². The number of oxazole rings is 1. The molecule has 0 fully saturated rings. The third kappa shape index (κ3) is 4.59. The van der Waals surface area contributed by atoms with Crippen molar-refractivity contribution in [1.82, 2.24) is 10.3 Å². The molecular formula is C21H19F3N2O3. The van der Waals surface area contributed by atoms with Gasteiger partial charge in [-0.2, -0.15) is 13.2 Å². The Kier molecular flexibility index (Phi) is 5.91. The van der Waals surface area contributed by atoms with Crippen molar-refractivity contribution in [3.63, 3.8) is 0 Å². The number of nitrogens with zero attached hydrogens (tertiary/aromatic N) is 1. The number of benzene rings is 2. The first-order chi connectivity index (χ1) is 13.8. The number of nitrogens with one attached hydrogen (secondary N) is 1. The van der Waals surface area contributed by atoms with Crippen molar-refractivity contribution in [3.8, 4) is 28.5 Å². The second kappa shape index (κ2) is 8.38. The van der Waals surface area contributed by atoms with Crippen LogP contribution in [0.4, 0.5) is 13.2 Å². The van der Waals surface area contributed by atoms with Gasteiger partial charge in [0.25, 0.3) is 5.91 Å². The summed E-state index contributed by atoms with van der Waals surface area (Å²) in [5, 5.41) is 2.74. The van der Waals surface area contributed by atoms with Crippen LogP contribution in [0.1, 0.15) is 29.4 Å². The number of rotatable bonds is 6. The van der Waals surface area contributed by atoms with Gasteiger partial charge in [0, 0.05) is 17.7 Å². The molecule has 0 aliphatic rings. The predicted octanol–water partition coefficient (Wildman–Crippen LogP) is 5.18. The van der Waals surface area contributed by atoms with E-state index in [0.717, 1.165) is 18.6 Å². The highest BCUT2D eigenvalue weighted by Gasteiger charge is 2.30. The number of amides is 1. The molecule has 0 radical (unpaired) electrons. The molecular weight excluding hydrogens is 385 g/mol. The van der Waals surface area contributed by atoms with Gasteiger partial charge in [-0.25, -0.2) is 4.98 Å². The fourth-order valence-electron chi connectivity index (χ4n) is 2.66. The van der Waals surface area contributed by atoms with Crippen LogP contribution in [0.5, 0.6) is 5.75 Å². The number of carbonyl (C=O) groups excluding carboxylic acids is 1. The van der Waals surface area contributed by atoms with Crippen molar-refractivity contribution in [1.29, 1.82) is 0 Å². The van der Waals surface area contributed by atoms with E-state index in [4.69, 9.17) is 9.15 Å². The fraction of sp³-hybridized carbons (Fsp3) is 0.238. The monoisotopic (exact) mass is 404 g/mol. The van der Waals surface area contributed by atoms with Gasteiger partial charge < -0.3 is 14.5 Å². The number of alkyl halides is 3. The number of hydrogen-bond donors (Lipinski definition) is 1. The average molecular weight is 404 g/mol. The Morgan fingerprint density at radius 2 is 1.69 bits per heavy atom. The molecule has 2 aromatic carbocycles. The molecule has 0 aliphatic heterocycles. The smallest absolute Gasteiger partial charge is 0.416 e. The highest BCUT2D eigenvalue weighted by atomic mass is 19.4. The summed E-state index contributed by atoms with van der Waals surface area (Å²) in [7, 11) is 1.54.